The second-order valence-electron chi connectivity index (χ2n) is 27.5. The Morgan fingerprint density at radius 1 is 0.590 bits per heavy atom. The van der Waals surface area contributed by atoms with Gasteiger partial charge in [0.2, 0.25) is 47.1 Å². The Bertz CT molecular complexity index is 3500. The summed E-state index contributed by atoms with van der Waals surface area (Å²) < 4.78 is 78.1. The van der Waals surface area contributed by atoms with Gasteiger partial charge in [0.1, 0.15) is 61.0 Å². The summed E-state index contributed by atoms with van der Waals surface area (Å²) in [4.78, 5) is 164. The lowest BCUT2D eigenvalue weighted by atomic mass is 9.91. The molecule has 43 heteroatoms. The number of carbonyl (C=O) groups excluding carboxylic acids is 12. The van der Waals surface area contributed by atoms with Crippen molar-refractivity contribution >= 4 is 84.2 Å². The smallest absolute Gasteiger partial charge is 0.478 e. The van der Waals surface area contributed by atoms with Gasteiger partial charge in [-0.2, -0.15) is 0 Å². The molecule has 0 spiro atoms. The molecule has 0 saturated carbocycles. The number of guanidine groups is 2. The van der Waals surface area contributed by atoms with Crippen LogP contribution in [0, 0.1) is 0 Å². The van der Waals surface area contributed by atoms with Crippen LogP contribution in [-0.2, 0) is 108 Å². The lowest BCUT2D eigenvalue weighted by Gasteiger charge is -2.41. The third-order valence-electron chi connectivity index (χ3n) is 13.9. The zero-order valence-electron chi connectivity index (χ0n) is 61.0. The summed E-state index contributed by atoms with van der Waals surface area (Å²) >= 11 is 0. The maximum Gasteiger partial charge on any atom is 0.508 e. The summed E-state index contributed by atoms with van der Waals surface area (Å²) in [6, 6.07) is -5.31. The van der Waals surface area contributed by atoms with Crippen LogP contribution in [-0.4, -0.2) is 254 Å². The molecule has 1 aromatic rings. The van der Waals surface area contributed by atoms with Crippen LogP contribution in [0.3, 0.4) is 0 Å². The summed E-state index contributed by atoms with van der Waals surface area (Å²) in [6.45, 7) is 20.1. The number of aliphatic imine (C=N–C) groups is 2. The molecule has 0 unspecified atom stereocenters. The highest BCUT2D eigenvalue weighted by Gasteiger charge is 2.51. The van der Waals surface area contributed by atoms with E-state index in [-0.39, 0.29) is 32.7 Å². The van der Waals surface area contributed by atoms with Crippen molar-refractivity contribution in [2.75, 3.05) is 66.8 Å². The van der Waals surface area contributed by atoms with E-state index < -0.39 is 205 Å². The number of amides is 8. The van der Waals surface area contributed by atoms with Crippen LogP contribution in [0.1, 0.15) is 103 Å². The highest BCUT2D eigenvalue weighted by Crippen LogP contribution is 2.31. The zero-order valence-corrected chi connectivity index (χ0v) is 61.0. The first-order valence-corrected chi connectivity index (χ1v) is 32.8. The van der Waals surface area contributed by atoms with Crippen LogP contribution in [0.2, 0.25) is 0 Å². The molecular formula is C62H93N17O26. The van der Waals surface area contributed by atoms with E-state index in [1.807, 2.05) is 0 Å². The second kappa shape index (κ2) is 37.1. The molecule has 6 rings (SSSR count). The van der Waals surface area contributed by atoms with E-state index in [1.165, 1.54) is 23.8 Å². The van der Waals surface area contributed by atoms with Crippen molar-refractivity contribution in [2.24, 2.45) is 9.98 Å². The molecule has 5 aliphatic heterocycles. The van der Waals surface area contributed by atoms with Crippen molar-refractivity contribution in [3.05, 3.63) is 47.5 Å². The average Bonchev–Trinajstić information content (AvgIpc) is 1.33. The number of rotatable bonds is 26. The van der Waals surface area contributed by atoms with E-state index >= 15 is 0 Å². The minimum absolute atomic E-state index is 0.00634. The predicted molar refractivity (Wildman–Crippen MR) is 356 cm³/mol. The number of esters is 2. The number of nitrogens with zero attached hydrogens (tertiary/aromatic N) is 6. The van der Waals surface area contributed by atoms with Crippen LogP contribution < -0.4 is 58.8 Å². The van der Waals surface area contributed by atoms with Gasteiger partial charge in [-0.25, -0.2) is 38.4 Å². The van der Waals surface area contributed by atoms with Crippen molar-refractivity contribution < 1.29 is 124 Å². The van der Waals surface area contributed by atoms with E-state index in [1.54, 1.807) is 100 Å². The minimum Gasteiger partial charge on any atom is -0.478 e. The summed E-state index contributed by atoms with van der Waals surface area (Å²) in [7, 11) is 2.13. The predicted octanol–water partition coefficient (Wildman–Crippen LogP) is -0.924. The van der Waals surface area contributed by atoms with E-state index in [4.69, 9.17) is 66.3 Å². The van der Waals surface area contributed by atoms with Crippen LogP contribution >= 0.6 is 0 Å². The Hall–Kier alpha value is -10.8. The van der Waals surface area contributed by atoms with Gasteiger partial charge in [0.15, 0.2) is 24.4 Å². The van der Waals surface area contributed by atoms with Crippen LogP contribution in [0.4, 0.5) is 28.8 Å². The van der Waals surface area contributed by atoms with Gasteiger partial charge >= 0.3 is 48.6 Å². The molecule has 10 atom stereocenters. The van der Waals surface area contributed by atoms with Crippen molar-refractivity contribution in [1.82, 2.24) is 78.8 Å². The molecule has 2 saturated heterocycles. The highest BCUT2D eigenvalue weighted by atomic mass is 16.8. The van der Waals surface area contributed by atoms with Crippen molar-refractivity contribution in [3.8, 4) is 0 Å². The first kappa shape index (κ1) is 83.1. The Morgan fingerprint density at radius 3 is 1.41 bits per heavy atom. The molecule has 2 fully saturated rings. The van der Waals surface area contributed by atoms with Gasteiger partial charge in [0.25, 0.3) is 0 Å². The van der Waals surface area contributed by atoms with E-state index in [2.05, 4.69) is 79.1 Å². The van der Waals surface area contributed by atoms with Gasteiger partial charge in [0.05, 0.1) is 62.9 Å². The fourth-order valence-electron chi connectivity index (χ4n) is 9.94. The Morgan fingerprint density at radius 2 is 1.02 bits per heavy atom. The first-order valence-electron chi connectivity index (χ1n) is 32.8. The fourth-order valence-corrected chi connectivity index (χ4v) is 9.94. The molecule has 43 nitrogen and oxygen atoms in total. The molecule has 8 amide bonds. The number of nitrogens with one attached hydrogen (secondary N) is 11. The van der Waals surface area contributed by atoms with Gasteiger partial charge in [0, 0.05) is 52.4 Å². The molecule has 0 bridgehead atoms. The van der Waals surface area contributed by atoms with Crippen molar-refractivity contribution in [1.29, 1.82) is 0 Å². The maximum atomic E-state index is 13.5. The second-order valence-corrected chi connectivity index (χ2v) is 27.5. The van der Waals surface area contributed by atoms with Gasteiger partial charge in [-0.3, -0.25) is 39.5 Å². The standard InChI is InChI=1S/C62H93N17O26/c1-31(80)66-43-35(68-51(70-53(86)102-59(3,4)5)71-54(87)103-60(6,7)8)21-37(49(84)92-15)98-47(43)45(39-27-96-57(90)100-39)94-29-41(82)64-17-19-78-25-33(74-76-78)23-63-24-34-26-79(77-75-34)20-18-65-42(83)30-95-46(40-28-97-58(91)101-40)48-44(67-32(2)81)36(22-38(99-48)50(85)93-16)69-52(72-55(88)104-61(9,10)11)73-56(89)105-62(12,13)14/h21-22,25-26,35-36,39-40,43-48,63,74,76H,17-20,23-24,27-30H2,1-16H3,(H,64,82)(H,65,83)(H,66,80)(H,67,81)(H2,68,70,71,86,87)(H2,69,72,73,88,89)/t35-,36-,39+,40+,43+,44+,45+,46+,47+,48+/m0/s1. The summed E-state index contributed by atoms with van der Waals surface area (Å²) in [5.41, 5.74) is 3.09. The van der Waals surface area contributed by atoms with Crippen molar-refractivity contribution in [2.45, 2.75) is 193 Å². The number of alkyl carbamates (subject to hydrolysis) is 2. The SMILES string of the molecule is COC(=O)C1=C[C@H](N/C(=N/C(=O)OC(C)(C)C)NC(=O)OC(C)(C)C)[C@@H](NC(C)=O)[C@H]([C@H](OCC(=O)NCCN2C=C(CNCc3cn(CCNC(=O)CO[C@@H]([C@@H]4OC(C(=O)OC)=C[C@H](N/C(=N/C(=O)OC(C)(C)C)NC(=O)OC(C)(C)C)[C@H]4NC(C)=O)[C@H]4COC(=O)O4)nn3)NN2)[C@H]2COC(=O)O2)O1. The van der Waals surface area contributed by atoms with Gasteiger partial charge in [-0.1, -0.05) is 5.21 Å². The molecule has 1 aromatic heterocycles. The minimum atomic E-state index is -1.52. The van der Waals surface area contributed by atoms with Gasteiger partial charge < -0.3 is 109 Å². The van der Waals surface area contributed by atoms with Crippen LogP contribution in [0.15, 0.2) is 51.7 Å². The number of hydrazine groups is 2. The van der Waals surface area contributed by atoms with E-state index in [0.717, 1.165) is 21.1 Å². The largest absolute Gasteiger partial charge is 0.508 e. The molecule has 105 heavy (non-hydrogen) atoms. The molecule has 6 heterocycles. The Kier molecular flexibility index (Phi) is 29.3. The summed E-state index contributed by atoms with van der Waals surface area (Å²) in [5, 5.41) is 34.3. The average molecular weight is 1490 g/mol. The highest BCUT2D eigenvalue weighted by molar-refractivity contribution is 6.00. The number of ether oxygens (including phenoxy) is 14. The number of methoxy groups -OCH3 is 2. The monoisotopic (exact) mass is 1490 g/mol. The topological polar surface area (TPSA) is 525 Å². The third-order valence-corrected chi connectivity index (χ3v) is 13.9. The first-order chi connectivity index (χ1) is 49.1. The van der Waals surface area contributed by atoms with Crippen molar-refractivity contribution in [3.63, 3.8) is 0 Å². The maximum absolute atomic E-state index is 13.5. The molecular weight excluding hydrogens is 1400 g/mol. The van der Waals surface area contributed by atoms with Crippen LogP contribution in [0.25, 0.3) is 0 Å². The fraction of sp³-hybridized carbons (Fsp3) is 0.645. The molecule has 0 aromatic carbocycles. The molecule has 11 N–H and O–H groups in total. The van der Waals surface area contributed by atoms with E-state index in [0.29, 0.717) is 17.9 Å². The molecule has 5 aliphatic rings. The molecule has 0 aliphatic carbocycles. The number of cyclic esters (lactones) is 4. The van der Waals surface area contributed by atoms with Gasteiger partial charge in [-0.15, -0.1) is 20.6 Å². The quantitative estimate of drug-likeness (QED) is 0.0231. The number of aromatic nitrogens is 3. The zero-order chi connectivity index (χ0) is 77.7. The summed E-state index contributed by atoms with van der Waals surface area (Å²) in [5.74, 6) is -6.74. The number of hydrogen-bond donors (Lipinski definition) is 11. The Labute approximate surface area is 602 Å². The van der Waals surface area contributed by atoms with E-state index in [9.17, 15) is 57.5 Å². The third kappa shape index (κ3) is 28.4. The number of hydrogen-bond acceptors (Lipinski definition) is 32. The molecule has 0 radical (unpaired) electrons. The molecule has 582 valence electrons. The lowest BCUT2D eigenvalue weighted by Crippen LogP contribution is -2.65. The lowest BCUT2D eigenvalue weighted by molar-refractivity contribution is -0.155. The summed E-state index contributed by atoms with van der Waals surface area (Å²) in [6.07, 6.45) is -9.53. The number of carbonyl (C=O) groups is 12. The van der Waals surface area contributed by atoms with Crippen LogP contribution in [0.5, 0.6) is 0 Å². The van der Waals surface area contributed by atoms with Gasteiger partial charge in [-0.05, 0) is 95.2 Å². The Balaban J connectivity index is 1.02. The normalized spacial score (nSPS) is 21.6.